The van der Waals surface area contributed by atoms with E-state index in [-0.39, 0.29) is 6.61 Å². The van der Waals surface area contributed by atoms with Gasteiger partial charge in [0.2, 0.25) is 5.60 Å². The van der Waals surface area contributed by atoms with Gasteiger partial charge in [-0.1, -0.05) is 83.7 Å². The lowest BCUT2D eigenvalue weighted by molar-refractivity contribution is 0.0200. The predicted molar refractivity (Wildman–Crippen MR) is 109 cm³/mol. The lowest BCUT2D eigenvalue weighted by Gasteiger charge is -2.38. The number of aliphatic hydroxyl groups is 1. The molecule has 0 radical (unpaired) electrons. The lowest BCUT2D eigenvalue weighted by atomic mass is 10.1. The molecule has 3 heteroatoms. The van der Waals surface area contributed by atoms with Gasteiger partial charge in [0.15, 0.2) is 0 Å². The number of ether oxygens (including phenoxy) is 1. The van der Waals surface area contributed by atoms with Gasteiger partial charge in [0.05, 0.1) is 13.2 Å². The Kier molecular flexibility index (Phi) is 7.96. The zero-order chi connectivity index (χ0) is 19.1. The minimum absolute atomic E-state index is 0.0180. The molecule has 1 aromatic rings. The number of benzene rings is 1. The second-order valence-corrected chi connectivity index (χ2v) is 13.2. The van der Waals surface area contributed by atoms with Crippen LogP contribution in [-0.2, 0) is 11.3 Å². The van der Waals surface area contributed by atoms with E-state index < -0.39 is 13.7 Å². The van der Waals surface area contributed by atoms with E-state index in [1.54, 1.807) is 0 Å². The van der Waals surface area contributed by atoms with E-state index in [1.165, 1.54) is 0 Å². The van der Waals surface area contributed by atoms with Crippen LogP contribution in [0.15, 0.2) is 30.3 Å². The second kappa shape index (κ2) is 9.25. The highest BCUT2D eigenvalue weighted by Gasteiger charge is 2.42. The third-order valence-electron chi connectivity index (χ3n) is 5.01. The zero-order valence-corrected chi connectivity index (χ0v) is 17.5. The Morgan fingerprint density at radius 2 is 1.56 bits per heavy atom. The summed E-state index contributed by atoms with van der Waals surface area (Å²) >= 11 is 0. The molecule has 0 fully saturated rings. The largest absolute Gasteiger partial charge is 0.372 e. The van der Waals surface area contributed by atoms with Crippen molar-refractivity contribution in [3.63, 3.8) is 0 Å². The summed E-state index contributed by atoms with van der Waals surface area (Å²) in [6, 6.07) is 9.84. The Bertz CT molecular complexity index is 610. The van der Waals surface area contributed by atoms with E-state index >= 15 is 0 Å². The fourth-order valence-electron chi connectivity index (χ4n) is 3.65. The summed E-state index contributed by atoms with van der Waals surface area (Å²) in [4.78, 5) is 0. The van der Waals surface area contributed by atoms with Gasteiger partial charge < -0.3 is 9.84 Å². The SMILES string of the molecule is C#CC(O)(C#C[Si](C(C)C)(C(C)C)C(C)C)COCc1ccccc1. The Morgan fingerprint density at radius 1 is 1.04 bits per heavy atom. The highest BCUT2D eigenvalue weighted by molar-refractivity contribution is 6.90. The van der Waals surface area contributed by atoms with Crippen LogP contribution in [0.3, 0.4) is 0 Å². The molecule has 0 aliphatic heterocycles. The van der Waals surface area contributed by atoms with Crippen LogP contribution in [0, 0.1) is 23.8 Å². The maximum Gasteiger partial charge on any atom is 0.210 e. The molecule has 0 spiro atoms. The Hall–Kier alpha value is -1.52. The van der Waals surface area contributed by atoms with Crippen molar-refractivity contribution in [1.29, 1.82) is 0 Å². The van der Waals surface area contributed by atoms with E-state index in [4.69, 9.17) is 11.2 Å². The van der Waals surface area contributed by atoms with Crippen molar-refractivity contribution in [3.8, 4) is 23.8 Å². The van der Waals surface area contributed by atoms with Crippen LogP contribution in [0.4, 0.5) is 0 Å². The summed E-state index contributed by atoms with van der Waals surface area (Å²) in [6.07, 6.45) is 5.58. The molecule has 0 aliphatic carbocycles. The molecule has 0 aromatic heterocycles. The number of rotatable bonds is 7. The van der Waals surface area contributed by atoms with Gasteiger partial charge in [0, 0.05) is 0 Å². The van der Waals surface area contributed by atoms with Crippen molar-refractivity contribution in [2.45, 2.75) is 70.4 Å². The quantitative estimate of drug-likeness (QED) is 0.562. The van der Waals surface area contributed by atoms with Crippen LogP contribution < -0.4 is 0 Å². The summed E-state index contributed by atoms with van der Waals surface area (Å²) in [5.41, 5.74) is 4.48. The molecular formula is C22H32O2Si. The van der Waals surface area contributed by atoms with E-state index in [0.717, 1.165) is 5.56 Å². The van der Waals surface area contributed by atoms with Crippen molar-refractivity contribution in [2.75, 3.05) is 6.61 Å². The highest BCUT2D eigenvalue weighted by Crippen LogP contribution is 2.40. The molecule has 1 N–H and O–H groups in total. The average molecular weight is 357 g/mol. The van der Waals surface area contributed by atoms with Crippen LogP contribution >= 0.6 is 0 Å². The summed E-state index contributed by atoms with van der Waals surface area (Å²) in [5.74, 6) is 5.46. The maximum absolute atomic E-state index is 10.7. The van der Waals surface area contributed by atoms with Crippen molar-refractivity contribution >= 4 is 8.07 Å². The fourth-order valence-corrected chi connectivity index (χ4v) is 8.94. The first-order valence-corrected chi connectivity index (χ1v) is 11.3. The molecule has 1 aromatic carbocycles. The minimum atomic E-state index is -1.93. The van der Waals surface area contributed by atoms with Crippen molar-refractivity contribution < 1.29 is 9.84 Å². The number of hydrogen-bond donors (Lipinski definition) is 1. The smallest absolute Gasteiger partial charge is 0.210 e. The van der Waals surface area contributed by atoms with Gasteiger partial charge in [0.25, 0.3) is 0 Å². The number of terminal acetylenes is 1. The monoisotopic (exact) mass is 356 g/mol. The molecule has 2 nitrogen and oxygen atoms in total. The third kappa shape index (κ3) is 5.48. The molecule has 25 heavy (non-hydrogen) atoms. The van der Waals surface area contributed by atoms with Crippen LogP contribution in [0.1, 0.15) is 47.1 Å². The third-order valence-corrected chi connectivity index (χ3v) is 11.3. The molecule has 0 amide bonds. The van der Waals surface area contributed by atoms with Crippen LogP contribution in [0.25, 0.3) is 0 Å². The van der Waals surface area contributed by atoms with E-state index in [9.17, 15) is 5.11 Å². The maximum atomic E-state index is 10.7. The van der Waals surface area contributed by atoms with Gasteiger partial charge in [-0.2, -0.15) is 0 Å². The van der Waals surface area contributed by atoms with Crippen molar-refractivity contribution in [1.82, 2.24) is 0 Å². The van der Waals surface area contributed by atoms with Crippen LogP contribution in [0.2, 0.25) is 16.6 Å². The van der Waals surface area contributed by atoms with Gasteiger partial charge in [-0.15, -0.1) is 12.0 Å². The molecule has 1 atom stereocenters. The molecule has 136 valence electrons. The van der Waals surface area contributed by atoms with Crippen LogP contribution in [-0.4, -0.2) is 25.4 Å². The average Bonchev–Trinajstić information content (AvgIpc) is 2.55. The van der Waals surface area contributed by atoms with Crippen molar-refractivity contribution in [2.24, 2.45) is 0 Å². The van der Waals surface area contributed by atoms with E-state index in [2.05, 4.69) is 58.9 Å². The Balaban J connectivity index is 2.95. The molecule has 0 saturated carbocycles. The van der Waals surface area contributed by atoms with Gasteiger partial charge in [-0.25, -0.2) is 0 Å². The molecular weight excluding hydrogens is 324 g/mol. The molecule has 1 unspecified atom stereocenters. The summed E-state index contributed by atoms with van der Waals surface area (Å²) in [5, 5.41) is 10.7. The molecule has 0 aliphatic rings. The minimum Gasteiger partial charge on any atom is -0.372 e. The topological polar surface area (TPSA) is 29.5 Å². The van der Waals surface area contributed by atoms with Gasteiger partial charge >= 0.3 is 0 Å². The second-order valence-electron chi connectivity index (χ2n) is 7.63. The lowest BCUT2D eigenvalue weighted by Crippen LogP contribution is -2.44. The first-order valence-electron chi connectivity index (χ1n) is 9.04. The van der Waals surface area contributed by atoms with Gasteiger partial charge in [-0.05, 0) is 22.2 Å². The summed E-state index contributed by atoms with van der Waals surface area (Å²) < 4.78 is 5.64. The van der Waals surface area contributed by atoms with Crippen molar-refractivity contribution in [3.05, 3.63) is 35.9 Å². The van der Waals surface area contributed by atoms with E-state index in [1.807, 2.05) is 30.3 Å². The molecule has 0 saturated heterocycles. The molecule has 0 heterocycles. The molecule has 1 rings (SSSR count). The zero-order valence-electron chi connectivity index (χ0n) is 16.5. The van der Waals surface area contributed by atoms with E-state index in [0.29, 0.717) is 23.2 Å². The molecule has 0 bridgehead atoms. The van der Waals surface area contributed by atoms with Gasteiger partial charge in [-0.3, -0.25) is 0 Å². The number of hydrogen-bond acceptors (Lipinski definition) is 2. The standard InChI is InChI=1S/C22H32O2Si/c1-8-22(23,17-24-16-21-12-10-9-11-13-21)14-15-25(18(2)3,19(4)5)20(6)7/h1,9-13,18-20,23H,16-17H2,2-7H3. The fraction of sp³-hybridized carbons (Fsp3) is 0.545. The summed E-state index contributed by atoms with van der Waals surface area (Å²) in [7, 11) is -1.93. The first kappa shape index (κ1) is 21.5. The van der Waals surface area contributed by atoms with Crippen LogP contribution in [0.5, 0.6) is 0 Å². The first-order chi connectivity index (χ1) is 11.7. The van der Waals surface area contributed by atoms with Gasteiger partial charge in [0.1, 0.15) is 8.07 Å². The Morgan fingerprint density at radius 3 is 2.00 bits per heavy atom. The normalized spacial score (nSPS) is 14.1. The highest BCUT2D eigenvalue weighted by atomic mass is 28.3. The summed E-state index contributed by atoms with van der Waals surface area (Å²) in [6.45, 7) is 13.9. The predicted octanol–water partition coefficient (Wildman–Crippen LogP) is 4.79. The Labute approximate surface area is 155 Å².